The minimum absolute atomic E-state index is 0.0937. The second kappa shape index (κ2) is 10.3. The van der Waals surface area contributed by atoms with E-state index < -0.39 is 54.2 Å². The number of phosphoric ester groups is 1. The third kappa shape index (κ3) is 7.93. The lowest BCUT2D eigenvalue weighted by Crippen LogP contribution is -2.29. The van der Waals surface area contributed by atoms with Gasteiger partial charge in [0, 0.05) is 24.7 Å². The number of aliphatic hydroxyl groups excluding tert-OH is 1. The molecule has 1 aliphatic rings. The lowest BCUT2D eigenvalue weighted by molar-refractivity contribution is -0.339. The minimum atomic E-state index is -6.12. The molecule has 0 saturated carbocycles. The van der Waals surface area contributed by atoms with E-state index in [9.17, 15) is 43.2 Å². The predicted octanol–water partition coefficient (Wildman–Crippen LogP) is -3.74. The fraction of sp³-hybridized carbons (Fsp3) is 0.500. The predicted molar refractivity (Wildman–Crippen MR) is 96.5 cm³/mol. The van der Waals surface area contributed by atoms with Crippen LogP contribution in [0, 0.1) is 0 Å². The molecule has 0 bridgehead atoms. The van der Waals surface area contributed by atoms with E-state index in [-0.39, 0.29) is 18.8 Å². The molecular weight excluding hydrogens is 501 g/mol. The van der Waals surface area contributed by atoms with Crippen molar-refractivity contribution in [1.29, 1.82) is 0 Å². The van der Waals surface area contributed by atoms with Gasteiger partial charge in [0.05, 0.1) is 20.5 Å². The number of nitrogens with zero attached hydrogens (tertiary/aromatic N) is 2. The maximum Gasteiger partial charge on any atom is 0.351 e. The third-order valence-electron chi connectivity index (χ3n) is 3.76. The molecule has 20 heteroatoms. The fourth-order valence-electron chi connectivity index (χ4n) is 2.51. The largest absolute Gasteiger partial charge is 0.790 e. The summed E-state index contributed by atoms with van der Waals surface area (Å²) in [5.41, 5.74) is 10.5. The monoisotopic (exact) mass is 518 g/mol. The molecule has 0 aromatic carbocycles. The molecule has 0 aliphatic carbocycles. The molecule has 5 atom stereocenters. The van der Waals surface area contributed by atoms with E-state index in [1.807, 2.05) is 0 Å². The maximum absolute atomic E-state index is 12.1. The van der Waals surface area contributed by atoms with Crippen molar-refractivity contribution in [3.8, 4) is 0 Å². The van der Waals surface area contributed by atoms with E-state index in [1.54, 1.807) is 0 Å². The Bertz CT molecular complexity index is 1060. The van der Waals surface area contributed by atoms with Crippen LogP contribution in [0.1, 0.15) is 18.2 Å². The lowest BCUT2D eigenvalue weighted by Gasteiger charge is -2.37. The van der Waals surface area contributed by atoms with Gasteiger partial charge in [0.25, 0.3) is 15.6 Å². The standard InChI is InChI=1S/C12H21N4O13P3/c13-3-1-2-7-5-16(12(18)15-11(7)14)10-4-8(17)9(27-10)6-26-31(22,23)29-32(24,25)28-30(19,20)21/h1-2,5,8-10,17H,3-4,6,13H2,(H,22,23)(H,24,25)(H2,14,15,18)(H2,19,20,21)/p-4. The molecule has 182 valence electrons. The van der Waals surface area contributed by atoms with Crippen molar-refractivity contribution in [2.75, 3.05) is 18.9 Å². The molecule has 2 heterocycles. The van der Waals surface area contributed by atoms with Crippen LogP contribution in [0.15, 0.2) is 17.1 Å². The highest BCUT2D eigenvalue weighted by Crippen LogP contribution is 2.60. The first-order valence-electron chi connectivity index (χ1n) is 8.42. The SMILES string of the molecule is NCC=Cc1cn(C2CC(O)C(COP(=O)([O-])OP(=O)([O-])OP(=O)([O-])[O-])O2)c(=O)nc1N. The van der Waals surface area contributed by atoms with Crippen LogP contribution in [0.5, 0.6) is 0 Å². The molecule has 0 amide bonds. The van der Waals surface area contributed by atoms with Gasteiger partial charge in [0.15, 0.2) is 0 Å². The minimum Gasteiger partial charge on any atom is -0.790 e. The van der Waals surface area contributed by atoms with Crippen molar-refractivity contribution >= 4 is 35.4 Å². The summed E-state index contributed by atoms with van der Waals surface area (Å²) in [5.74, 6) is -0.0937. The number of ether oxygens (including phenoxy) is 1. The third-order valence-corrected chi connectivity index (χ3v) is 7.42. The summed E-state index contributed by atoms with van der Waals surface area (Å²) in [6, 6.07) is 0. The summed E-state index contributed by atoms with van der Waals surface area (Å²) in [6.07, 6.45) is 0.169. The highest BCUT2D eigenvalue weighted by Gasteiger charge is 2.37. The highest BCUT2D eigenvalue weighted by molar-refractivity contribution is 7.64. The number of rotatable bonds is 10. The molecule has 5 unspecified atom stereocenters. The van der Waals surface area contributed by atoms with Gasteiger partial charge in [-0.15, -0.1) is 0 Å². The zero-order valence-electron chi connectivity index (χ0n) is 15.8. The molecule has 1 aliphatic heterocycles. The normalized spacial score (nSPS) is 25.6. The van der Waals surface area contributed by atoms with Gasteiger partial charge in [0.1, 0.15) is 18.1 Å². The van der Waals surface area contributed by atoms with Crippen molar-refractivity contribution in [1.82, 2.24) is 9.55 Å². The summed E-state index contributed by atoms with van der Waals surface area (Å²) in [7, 11) is -18.0. The lowest BCUT2D eigenvalue weighted by atomic mass is 10.2. The number of hydrogen-bond acceptors (Lipinski definition) is 16. The van der Waals surface area contributed by atoms with Crippen molar-refractivity contribution in [3.63, 3.8) is 0 Å². The van der Waals surface area contributed by atoms with Crippen LogP contribution in [0.4, 0.5) is 5.82 Å². The van der Waals surface area contributed by atoms with Crippen molar-refractivity contribution < 1.29 is 56.3 Å². The van der Waals surface area contributed by atoms with Crippen LogP contribution in [0.3, 0.4) is 0 Å². The van der Waals surface area contributed by atoms with E-state index >= 15 is 0 Å². The van der Waals surface area contributed by atoms with Crippen molar-refractivity contribution in [2.45, 2.75) is 24.9 Å². The Kier molecular flexibility index (Phi) is 8.70. The number of hydrogen-bond donors (Lipinski definition) is 3. The molecule has 0 spiro atoms. The first kappa shape index (κ1) is 27.0. The van der Waals surface area contributed by atoms with Gasteiger partial charge in [-0.1, -0.05) is 12.2 Å². The molecular formula is C12H17N4O13P3-4. The number of aliphatic hydroxyl groups is 1. The number of nitrogen functional groups attached to an aromatic ring is 1. The molecule has 0 radical (unpaired) electrons. The summed E-state index contributed by atoms with van der Waals surface area (Å²) >= 11 is 0. The summed E-state index contributed by atoms with van der Waals surface area (Å²) < 4.78 is 50.1. The number of aromatic nitrogens is 2. The van der Waals surface area contributed by atoms with Crippen molar-refractivity contribution in [2.24, 2.45) is 5.73 Å². The van der Waals surface area contributed by atoms with Crippen LogP contribution in [-0.2, 0) is 31.6 Å². The average Bonchev–Trinajstić information content (AvgIpc) is 2.97. The van der Waals surface area contributed by atoms with Gasteiger partial charge >= 0.3 is 5.69 Å². The van der Waals surface area contributed by atoms with Gasteiger partial charge < -0.3 is 50.0 Å². The molecule has 32 heavy (non-hydrogen) atoms. The van der Waals surface area contributed by atoms with Crippen LogP contribution in [0.25, 0.3) is 6.08 Å². The second-order valence-electron chi connectivity index (χ2n) is 6.14. The topological polar surface area (TPSA) is 288 Å². The van der Waals surface area contributed by atoms with Crippen LogP contribution < -0.4 is 36.7 Å². The Morgan fingerprint density at radius 2 is 1.91 bits per heavy atom. The Morgan fingerprint density at radius 1 is 1.25 bits per heavy atom. The number of nitrogens with two attached hydrogens (primary N) is 2. The van der Waals surface area contributed by atoms with Gasteiger partial charge in [-0.3, -0.25) is 18.0 Å². The Labute approximate surface area is 179 Å². The zero-order chi connectivity index (χ0) is 24.3. The summed E-state index contributed by atoms with van der Waals surface area (Å²) in [4.78, 5) is 59.1. The Hall–Kier alpha value is -1.29. The van der Waals surface area contributed by atoms with Crippen LogP contribution in [0.2, 0.25) is 0 Å². The quantitative estimate of drug-likeness (QED) is 0.251. The second-order valence-corrected chi connectivity index (χ2v) is 10.4. The molecule has 2 rings (SSSR count). The molecule has 5 N–H and O–H groups in total. The first-order chi connectivity index (χ1) is 14.6. The molecule has 1 aromatic heterocycles. The van der Waals surface area contributed by atoms with Crippen molar-refractivity contribution in [3.05, 3.63) is 28.3 Å². The average molecular weight is 518 g/mol. The maximum atomic E-state index is 12.1. The van der Waals surface area contributed by atoms with Gasteiger partial charge in [-0.2, -0.15) is 4.98 Å². The fourth-order valence-corrected chi connectivity index (χ4v) is 5.38. The van der Waals surface area contributed by atoms with Gasteiger partial charge in [-0.05, 0) is 0 Å². The molecule has 1 saturated heterocycles. The van der Waals surface area contributed by atoms with E-state index in [0.717, 1.165) is 4.57 Å². The molecule has 1 fully saturated rings. The van der Waals surface area contributed by atoms with Gasteiger partial charge in [0.2, 0.25) is 0 Å². The highest BCUT2D eigenvalue weighted by atomic mass is 31.3. The number of anilines is 1. The zero-order valence-corrected chi connectivity index (χ0v) is 18.5. The first-order valence-corrected chi connectivity index (χ1v) is 12.8. The Balaban J connectivity index is 2.07. The number of phosphoric acid groups is 3. The van der Waals surface area contributed by atoms with E-state index in [0.29, 0.717) is 5.56 Å². The van der Waals surface area contributed by atoms with E-state index in [2.05, 4.69) is 18.1 Å². The summed E-state index contributed by atoms with van der Waals surface area (Å²) in [6.45, 7) is -0.821. The van der Waals surface area contributed by atoms with Crippen LogP contribution in [-0.4, -0.2) is 40.0 Å². The summed E-state index contributed by atoms with van der Waals surface area (Å²) in [5, 5.41) is 10.1. The Morgan fingerprint density at radius 3 is 2.50 bits per heavy atom. The van der Waals surface area contributed by atoms with Crippen LogP contribution >= 0.6 is 23.5 Å². The van der Waals surface area contributed by atoms with E-state index in [4.69, 9.17) is 16.2 Å². The molecule has 1 aromatic rings. The van der Waals surface area contributed by atoms with Gasteiger partial charge in [-0.25, -0.2) is 9.11 Å². The smallest absolute Gasteiger partial charge is 0.351 e. The molecule has 17 nitrogen and oxygen atoms in total. The van der Waals surface area contributed by atoms with E-state index in [1.165, 1.54) is 18.3 Å².